The molecule has 1 saturated carbocycles. The van der Waals surface area contributed by atoms with Crippen LogP contribution < -0.4 is 0 Å². The minimum Gasteiger partial charge on any atom is -0.301 e. The molecule has 0 aromatic heterocycles. The van der Waals surface area contributed by atoms with Crippen molar-refractivity contribution >= 4 is 12.6 Å². The maximum atomic E-state index is 4.24. The molecule has 0 N–H and O–H groups in total. The van der Waals surface area contributed by atoms with Crippen molar-refractivity contribution in [1.82, 2.24) is 4.90 Å². The molecular formula is C13H27NS. The maximum absolute atomic E-state index is 4.24. The molecule has 0 aromatic rings. The van der Waals surface area contributed by atoms with Gasteiger partial charge in [-0.25, -0.2) is 0 Å². The molecule has 0 atom stereocenters. The lowest BCUT2D eigenvalue weighted by molar-refractivity contribution is 0.208. The second kappa shape index (κ2) is 7.56. The van der Waals surface area contributed by atoms with E-state index in [0.29, 0.717) is 0 Å². The van der Waals surface area contributed by atoms with E-state index in [1.165, 1.54) is 51.6 Å². The van der Waals surface area contributed by atoms with Gasteiger partial charge in [0.2, 0.25) is 0 Å². The molecule has 0 amide bonds. The van der Waals surface area contributed by atoms with Gasteiger partial charge in [0.05, 0.1) is 0 Å². The van der Waals surface area contributed by atoms with Crippen LogP contribution >= 0.6 is 12.6 Å². The Morgan fingerprint density at radius 1 is 1.13 bits per heavy atom. The SMILES string of the molecule is CC(C)N(CCCCCCS)CC1CC1. The Labute approximate surface area is 101 Å². The topological polar surface area (TPSA) is 3.24 Å². The van der Waals surface area contributed by atoms with Crippen LogP contribution in [0.15, 0.2) is 0 Å². The van der Waals surface area contributed by atoms with Crippen molar-refractivity contribution in [3.05, 3.63) is 0 Å². The van der Waals surface area contributed by atoms with E-state index in [0.717, 1.165) is 17.7 Å². The maximum Gasteiger partial charge on any atom is 0.00387 e. The highest BCUT2D eigenvalue weighted by Crippen LogP contribution is 2.30. The summed E-state index contributed by atoms with van der Waals surface area (Å²) in [5, 5.41) is 0. The normalized spacial score (nSPS) is 16.6. The van der Waals surface area contributed by atoms with Crippen LogP contribution in [0.25, 0.3) is 0 Å². The van der Waals surface area contributed by atoms with E-state index in [9.17, 15) is 0 Å². The van der Waals surface area contributed by atoms with E-state index in [4.69, 9.17) is 0 Å². The molecule has 1 aliphatic carbocycles. The number of thiol groups is 1. The van der Waals surface area contributed by atoms with Crippen LogP contribution in [-0.2, 0) is 0 Å². The second-order valence-electron chi connectivity index (χ2n) is 5.17. The van der Waals surface area contributed by atoms with Crippen molar-refractivity contribution in [2.24, 2.45) is 5.92 Å². The number of nitrogens with zero attached hydrogens (tertiary/aromatic N) is 1. The molecule has 1 fully saturated rings. The summed E-state index contributed by atoms with van der Waals surface area (Å²) in [4.78, 5) is 2.67. The first-order valence-corrected chi connectivity index (χ1v) is 7.22. The van der Waals surface area contributed by atoms with Gasteiger partial charge in [-0.1, -0.05) is 12.8 Å². The van der Waals surface area contributed by atoms with Crippen LogP contribution in [0, 0.1) is 5.92 Å². The molecule has 0 aromatic carbocycles. The summed E-state index contributed by atoms with van der Waals surface area (Å²) in [6.45, 7) is 7.32. The number of hydrogen-bond acceptors (Lipinski definition) is 2. The van der Waals surface area contributed by atoms with Crippen LogP contribution in [-0.4, -0.2) is 29.8 Å². The van der Waals surface area contributed by atoms with Gasteiger partial charge in [-0.2, -0.15) is 12.6 Å². The monoisotopic (exact) mass is 229 g/mol. The van der Waals surface area contributed by atoms with E-state index in [1.54, 1.807) is 0 Å². The van der Waals surface area contributed by atoms with E-state index < -0.39 is 0 Å². The summed E-state index contributed by atoms with van der Waals surface area (Å²) in [5.74, 6) is 2.08. The van der Waals surface area contributed by atoms with Gasteiger partial charge in [-0.3, -0.25) is 0 Å². The molecule has 2 heteroatoms. The Balaban J connectivity index is 2.02. The quantitative estimate of drug-likeness (QED) is 0.467. The van der Waals surface area contributed by atoms with E-state index in [2.05, 4.69) is 31.4 Å². The first-order chi connectivity index (χ1) is 7.24. The molecule has 90 valence electrons. The molecular weight excluding hydrogens is 202 g/mol. The average Bonchev–Trinajstić information content (AvgIpc) is 2.99. The van der Waals surface area contributed by atoms with Gasteiger partial charge in [-0.15, -0.1) is 0 Å². The van der Waals surface area contributed by atoms with Crippen molar-refractivity contribution in [2.75, 3.05) is 18.8 Å². The van der Waals surface area contributed by atoms with Crippen molar-refractivity contribution < 1.29 is 0 Å². The third kappa shape index (κ3) is 6.47. The first kappa shape index (κ1) is 13.4. The minimum atomic E-state index is 0.732. The van der Waals surface area contributed by atoms with Gasteiger partial charge in [0, 0.05) is 12.6 Å². The first-order valence-electron chi connectivity index (χ1n) is 6.59. The fourth-order valence-corrected chi connectivity index (χ4v) is 2.20. The van der Waals surface area contributed by atoms with E-state index in [-0.39, 0.29) is 0 Å². The van der Waals surface area contributed by atoms with Crippen LogP contribution in [0.4, 0.5) is 0 Å². The summed E-state index contributed by atoms with van der Waals surface area (Å²) < 4.78 is 0. The summed E-state index contributed by atoms with van der Waals surface area (Å²) in [6, 6.07) is 0.732. The van der Waals surface area contributed by atoms with Gasteiger partial charge >= 0.3 is 0 Å². The smallest absolute Gasteiger partial charge is 0.00387 e. The number of rotatable bonds is 9. The number of unbranched alkanes of at least 4 members (excludes halogenated alkanes) is 3. The zero-order chi connectivity index (χ0) is 11.1. The lowest BCUT2D eigenvalue weighted by Crippen LogP contribution is -2.33. The molecule has 1 nitrogen and oxygen atoms in total. The second-order valence-corrected chi connectivity index (χ2v) is 5.62. The highest BCUT2D eigenvalue weighted by Gasteiger charge is 2.24. The lowest BCUT2D eigenvalue weighted by Gasteiger charge is -2.26. The van der Waals surface area contributed by atoms with Gasteiger partial charge in [0.1, 0.15) is 0 Å². The van der Waals surface area contributed by atoms with E-state index in [1.807, 2.05) is 0 Å². The molecule has 0 radical (unpaired) electrons. The Kier molecular flexibility index (Phi) is 6.74. The molecule has 0 bridgehead atoms. The van der Waals surface area contributed by atoms with Gasteiger partial charge in [-0.05, 0) is 57.7 Å². The Bertz CT molecular complexity index is 155. The van der Waals surface area contributed by atoms with Crippen molar-refractivity contribution in [3.63, 3.8) is 0 Å². The average molecular weight is 229 g/mol. The van der Waals surface area contributed by atoms with Gasteiger partial charge in [0.25, 0.3) is 0 Å². The highest BCUT2D eigenvalue weighted by atomic mass is 32.1. The minimum absolute atomic E-state index is 0.732. The summed E-state index contributed by atoms with van der Waals surface area (Å²) >= 11 is 4.24. The zero-order valence-corrected chi connectivity index (χ0v) is 11.3. The molecule has 0 aliphatic heterocycles. The number of hydrogen-bond donors (Lipinski definition) is 1. The molecule has 0 heterocycles. The highest BCUT2D eigenvalue weighted by molar-refractivity contribution is 7.80. The molecule has 1 rings (SSSR count). The fraction of sp³-hybridized carbons (Fsp3) is 1.00. The largest absolute Gasteiger partial charge is 0.301 e. The fourth-order valence-electron chi connectivity index (χ4n) is 1.97. The van der Waals surface area contributed by atoms with Crippen molar-refractivity contribution in [1.29, 1.82) is 0 Å². The Morgan fingerprint density at radius 2 is 1.80 bits per heavy atom. The Morgan fingerprint density at radius 3 is 2.33 bits per heavy atom. The molecule has 0 spiro atoms. The standard InChI is InChI=1S/C13H27NS/c1-12(2)14(11-13-7-8-13)9-5-3-4-6-10-15/h12-13,15H,3-11H2,1-2H3. The van der Waals surface area contributed by atoms with Crippen molar-refractivity contribution in [2.45, 2.75) is 58.4 Å². The predicted molar refractivity (Wildman–Crippen MR) is 71.8 cm³/mol. The van der Waals surface area contributed by atoms with Crippen LogP contribution in [0.5, 0.6) is 0 Å². The third-order valence-electron chi connectivity index (χ3n) is 3.27. The summed E-state index contributed by atoms with van der Waals surface area (Å²) in [6.07, 6.45) is 8.35. The van der Waals surface area contributed by atoms with Gasteiger partial charge < -0.3 is 4.90 Å². The van der Waals surface area contributed by atoms with E-state index >= 15 is 0 Å². The molecule has 0 saturated heterocycles. The lowest BCUT2D eigenvalue weighted by atomic mass is 10.2. The zero-order valence-electron chi connectivity index (χ0n) is 10.4. The molecule has 15 heavy (non-hydrogen) atoms. The summed E-state index contributed by atoms with van der Waals surface area (Å²) in [5.41, 5.74) is 0. The summed E-state index contributed by atoms with van der Waals surface area (Å²) in [7, 11) is 0. The molecule has 1 aliphatic rings. The van der Waals surface area contributed by atoms with Crippen molar-refractivity contribution in [3.8, 4) is 0 Å². The van der Waals surface area contributed by atoms with Crippen LogP contribution in [0.3, 0.4) is 0 Å². The predicted octanol–water partition coefficient (Wildman–Crippen LogP) is 3.60. The van der Waals surface area contributed by atoms with Crippen LogP contribution in [0.1, 0.15) is 52.4 Å². The molecule has 0 unspecified atom stereocenters. The Hall–Kier alpha value is 0.310. The van der Waals surface area contributed by atoms with Gasteiger partial charge in [0.15, 0.2) is 0 Å². The third-order valence-corrected chi connectivity index (χ3v) is 3.59. The van der Waals surface area contributed by atoms with Crippen LogP contribution in [0.2, 0.25) is 0 Å².